The van der Waals surface area contributed by atoms with Crippen molar-refractivity contribution >= 4 is 38.8 Å². The molecule has 0 unspecified atom stereocenters. The standard InChI is InChI=1S/C20H10ClF5N4O3S2/c21-13-5-17(35(31,32)30-18-8-34-9-27-18)14(23)6-15(13)33-16-4-11(22)3-12(20(24,25)26)19(16)10-1-2-28-29-7-10/h1-9,30H. The molecule has 2 aromatic heterocycles. The summed E-state index contributed by atoms with van der Waals surface area (Å²) in [5.74, 6) is -3.89. The van der Waals surface area contributed by atoms with Crippen molar-refractivity contribution in [2.75, 3.05) is 4.72 Å². The number of alkyl halides is 3. The van der Waals surface area contributed by atoms with Gasteiger partial charge in [-0.2, -0.15) is 23.4 Å². The maximum absolute atomic E-state index is 14.8. The molecule has 2 aromatic carbocycles. The molecular weight excluding hydrogens is 539 g/mol. The molecule has 0 saturated heterocycles. The van der Waals surface area contributed by atoms with Gasteiger partial charge in [0, 0.05) is 28.6 Å². The van der Waals surface area contributed by atoms with Crippen molar-refractivity contribution in [1.82, 2.24) is 15.2 Å². The summed E-state index contributed by atoms with van der Waals surface area (Å²) in [7, 11) is -4.45. The van der Waals surface area contributed by atoms with Crippen LogP contribution in [0.25, 0.3) is 11.1 Å². The van der Waals surface area contributed by atoms with Crippen molar-refractivity contribution in [1.29, 1.82) is 0 Å². The minimum atomic E-state index is -4.99. The van der Waals surface area contributed by atoms with Gasteiger partial charge in [0.15, 0.2) is 5.82 Å². The van der Waals surface area contributed by atoms with E-state index in [1.807, 2.05) is 0 Å². The van der Waals surface area contributed by atoms with E-state index in [-0.39, 0.29) is 17.4 Å². The number of ether oxygens (including phenoxy) is 1. The largest absolute Gasteiger partial charge is 0.455 e. The first-order valence-corrected chi connectivity index (χ1v) is 12.0. The number of anilines is 1. The molecule has 35 heavy (non-hydrogen) atoms. The molecule has 0 atom stereocenters. The van der Waals surface area contributed by atoms with Gasteiger partial charge in [-0.25, -0.2) is 22.2 Å². The van der Waals surface area contributed by atoms with Gasteiger partial charge in [0.25, 0.3) is 10.0 Å². The van der Waals surface area contributed by atoms with Gasteiger partial charge in [-0.1, -0.05) is 11.6 Å². The number of hydrogen-bond donors (Lipinski definition) is 1. The minimum Gasteiger partial charge on any atom is -0.455 e. The number of nitrogens with one attached hydrogen (secondary N) is 1. The van der Waals surface area contributed by atoms with Crippen molar-refractivity contribution in [3.63, 3.8) is 0 Å². The highest BCUT2D eigenvalue weighted by Crippen LogP contribution is 2.45. The van der Waals surface area contributed by atoms with Crippen LogP contribution in [-0.4, -0.2) is 23.6 Å². The SMILES string of the molecule is O=S(=O)(Nc1cscn1)c1cc(Cl)c(Oc2cc(F)cc(C(F)(F)F)c2-c2ccnnc2)cc1F. The Morgan fingerprint density at radius 2 is 1.83 bits per heavy atom. The van der Waals surface area contributed by atoms with Crippen molar-refractivity contribution in [3.05, 3.63) is 75.8 Å². The second-order valence-corrected chi connectivity index (χ2v) is 9.53. The van der Waals surface area contributed by atoms with Gasteiger partial charge in [-0.3, -0.25) is 4.72 Å². The van der Waals surface area contributed by atoms with Gasteiger partial charge >= 0.3 is 6.18 Å². The fourth-order valence-electron chi connectivity index (χ4n) is 2.99. The zero-order chi connectivity index (χ0) is 25.4. The Hall–Kier alpha value is -3.36. The maximum atomic E-state index is 14.8. The number of hydrogen-bond acceptors (Lipinski definition) is 7. The average Bonchev–Trinajstić information content (AvgIpc) is 3.28. The first kappa shape index (κ1) is 24.8. The van der Waals surface area contributed by atoms with Crippen molar-refractivity contribution in [3.8, 4) is 22.6 Å². The number of benzene rings is 2. The number of halogens is 6. The molecule has 7 nitrogen and oxygen atoms in total. The number of rotatable bonds is 6. The lowest BCUT2D eigenvalue weighted by atomic mass is 9.99. The van der Waals surface area contributed by atoms with Crippen LogP contribution in [-0.2, 0) is 16.2 Å². The smallest absolute Gasteiger partial charge is 0.417 e. The second kappa shape index (κ2) is 9.36. The van der Waals surface area contributed by atoms with Crippen LogP contribution in [0.1, 0.15) is 5.56 Å². The lowest BCUT2D eigenvalue weighted by Gasteiger charge is -2.18. The summed E-state index contributed by atoms with van der Waals surface area (Å²) in [6, 6.07) is 3.37. The molecule has 2 heterocycles. The van der Waals surface area contributed by atoms with E-state index in [4.69, 9.17) is 16.3 Å². The number of nitrogens with zero attached hydrogens (tertiary/aromatic N) is 3. The lowest BCUT2D eigenvalue weighted by Crippen LogP contribution is -2.15. The molecule has 0 aliphatic rings. The molecule has 4 rings (SSSR count). The third kappa shape index (κ3) is 5.33. The van der Waals surface area contributed by atoms with Crippen molar-refractivity contribution in [2.45, 2.75) is 11.1 Å². The van der Waals surface area contributed by atoms with E-state index in [0.717, 1.165) is 23.7 Å². The summed E-state index contributed by atoms with van der Waals surface area (Å²) in [6.45, 7) is 0. The van der Waals surface area contributed by atoms with E-state index in [1.165, 1.54) is 17.0 Å². The Kier molecular flexibility index (Phi) is 6.62. The van der Waals surface area contributed by atoms with Crippen molar-refractivity contribution in [2.24, 2.45) is 0 Å². The van der Waals surface area contributed by atoms with E-state index in [1.54, 1.807) is 0 Å². The molecule has 0 spiro atoms. The molecule has 1 N–H and O–H groups in total. The highest BCUT2D eigenvalue weighted by molar-refractivity contribution is 7.92. The number of thiazole rings is 1. The van der Waals surface area contributed by atoms with Crippen LogP contribution in [0.5, 0.6) is 11.5 Å². The van der Waals surface area contributed by atoms with Gasteiger partial charge < -0.3 is 4.74 Å². The van der Waals surface area contributed by atoms with E-state index in [2.05, 4.69) is 19.9 Å². The van der Waals surface area contributed by atoms with Crippen LogP contribution in [0.3, 0.4) is 0 Å². The predicted octanol–water partition coefficient (Wildman–Crippen LogP) is 6.14. The summed E-state index contributed by atoms with van der Waals surface area (Å²) in [5, 5.41) is 7.92. The Bertz CT molecular complexity index is 1490. The first-order chi connectivity index (χ1) is 16.5. The van der Waals surface area contributed by atoms with E-state index in [0.29, 0.717) is 18.2 Å². The summed E-state index contributed by atoms with van der Waals surface area (Å²) in [6.07, 6.45) is -2.88. The second-order valence-electron chi connectivity index (χ2n) is 6.75. The summed E-state index contributed by atoms with van der Waals surface area (Å²) in [4.78, 5) is 2.87. The third-order valence-electron chi connectivity index (χ3n) is 4.41. The molecule has 182 valence electrons. The predicted molar refractivity (Wildman–Crippen MR) is 117 cm³/mol. The molecule has 0 saturated carbocycles. The molecule has 0 fully saturated rings. The Labute approximate surface area is 203 Å². The summed E-state index contributed by atoms with van der Waals surface area (Å²) >= 11 is 7.16. The van der Waals surface area contributed by atoms with Crippen LogP contribution >= 0.6 is 22.9 Å². The number of sulfonamides is 1. The normalized spacial score (nSPS) is 11.9. The highest BCUT2D eigenvalue weighted by Gasteiger charge is 2.36. The lowest BCUT2D eigenvalue weighted by molar-refractivity contribution is -0.137. The average molecular weight is 549 g/mol. The zero-order valence-electron chi connectivity index (χ0n) is 16.8. The first-order valence-electron chi connectivity index (χ1n) is 9.21. The van der Waals surface area contributed by atoms with Crippen LogP contribution in [0.2, 0.25) is 5.02 Å². The highest BCUT2D eigenvalue weighted by atomic mass is 35.5. The molecule has 0 bridgehead atoms. The maximum Gasteiger partial charge on any atom is 0.417 e. The Morgan fingerprint density at radius 1 is 1.06 bits per heavy atom. The zero-order valence-corrected chi connectivity index (χ0v) is 19.2. The van der Waals surface area contributed by atoms with Crippen LogP contribution in [0, 0.1) is 11.6 Å². The Balaban J connectivity index is 1.80. The van der Waals surface area contributed by atoms with Gasteiger partial charge in [0.05, 0.1) is 28.5 Å². The summed E-state index contributed by atoms with van der Waals surface area (Å²) in [5.41, 5.74) is -0.760. The summed E-state index contributed by atoms with van der Waals surface area (Å²) < 4.78 is 102. The van der Waals surface area contributed by atoms with Crippen LogP contribution in [0.15, 0.2) is 58.5 Å². The van der Waals surface area contributed by atoms with E-state index in [9.17, 15) is 30.4 Å². The molecular formula is C20H10ClF5N4O3S2. The topological polar surface area (TPSA) is 94.1 Å². The Morgan fingerprint density at radius 3 is 2.46 bits per heavy atom. The van der Waals surface area contributed by atoms with Crippen LogP contribution < -0.4 is 9.46 Å². The number of aromatic nitrogens is 3. The molecule has 15 heteroatoms. The molecule has 0 radical (unpaired) electrons. The third-order valence-corrected chi connectivity index (χ3v) is 6.66. The molecule has 0 amide bonds. The minimum absolute atomic E-state index is 0.0547. The molecule has 4 aromatic rings. The van der Waals surface area contributed by atoms with Gasteiger partial charge in [0.2, 0.25) is 0 Å². The van der Waals surface area contributed by atoms with Gasteiger partial charge in [-0.05, 0) is 18.2 Å². The quantitative estimate of drug-likeness (QED) is 0.291. The van der Waals surface area contributed by atoms with Crippen molar-refractivity contribution < 1.29 is 35.1 Å². The van der Waals surface area contributed by atoms with E-state index < -0.39 is 60.4 Å². The van der Waals surface area contributed by atoms with Gasteiger partial charge in [0.1, 0.15) is 28.0 Å². The fourth-order valence-corrected chi connectivity index (χ4v) is 4.90. The van der Waals surface area contributed by atoms with Crippen LogP contribution in [0.4, 0.5) is 27.8 Å². The monoisotopic (exact) mass is 548 g/mol. The fraction of sp³-hybridized carbons (Fsp3) is 0.0500. The van der Waals surface area contributed by atoms with Gasteiger partial charge in [-0.15, -0.1) is 11.3 Å². The van der Waals surface area contributed by atoms with E-state index >= 15 is 0 Å². The molecule has 0 aliphatic carbocycles. The molecule has 0 aliphatic heterocycles.